The van der Waals surface area contributed by atoms with E-state index in [1.807, 2.05) is 0 Å². The molecule has 0 rings (SSSR count). The summed E-state index contributed by atoms with van der Waals surface area (Å²) in [6, 6.07) is 0. The minimum atomic E-state index is -0.635. The monoisotopic (exact) mass is 189 g/mol. The van der Waals surface area contributed by atoms with Crippen LogP contribution in [0.2, 0.25) is 0 Å². The van der Waals surface area contributed by atoms with Crippen LogP contribution in [0.25, 0.3) is 0 Å². The molecule has 2 N–H and O–H groups in total. The third-order valence-electron chi connectivity index (χ3n) is 1.72. The van der Waals surface area contributed by atoms with E-state index in [1.165, 1.54) is 7.11 Å². The van der Waals surface area contributed by atoms with Gasteiger partial charge in [-0.15, -0.1) is 0 Å². The molecular formula is C9H19NO3. The topological polar surface area (TPSA) is 58.6 Å². The Bertz CT molecular complexity index is 139. The fourth-order valence-corrected chi connectivity index (χ4v) is 0.918. The lowest BCUT2D eigenvalue weighted by atomic mass is 10.2. The van der Waals surface area contributed by atoms with Crippen LogP contribution in [0.4, 0.5) is 0 Å². The first-order valence-electron chi connectivity index (χ1n) is 4.66. The predicted molar refractivity (Wildman–Crippen MR) is 50.4 cm³/mol. The number of carbonyl (C=O) groups excluding carboxylic acids is 1. The Morgan fingerprint density at radius 2 is 2.31 bits per heavy atom. The summed E-state index contributed by atoms with van der Waals surface area (Å²) in [5.41, 5.74) is 0. The van der Waals surface area contributed by atoms with Gasteiger partial charge in [0.25, 0.3) is 0 Å². The Balaban J connectivity index is 3.29. The molecule has 0 aliphatic heterocycles. The zero-order valence-electron chi connectivity index (χ0n) is 8.38. The average molecular weight is 189 g/mol. The van der Waals surface area contributed by atoms with E-state index < -0.39 is 6.10 Å². The number of carbonyl (C=O) groups is 1. The van der Waals surface area contributed by atoms with Crippen LogP contribution in [0, 0.1) is 0 Å². The van der Waals surface area contributed by atoms with Gasteiger partial charge in [-0.1, -0.05) is 13.3 Å². The SMILES string of the molecule is CCCCNCC(O)CC(=O)OC. The molecule has 4 heteroatoms. The molecule has 0 heterocycles. The summed E-state index contributed by atoms with van der Waals surface area (Å²) in [5, 5.41) is 12.3. The van der Waals surface area contributed by atoms with Crippen molar-refractivity contribution in [3.8, 4) is 0 Å². The number of hydrogen-bond donors (Lipinski definition) is 2. The number of aliphatic hydroxyl groups excluding tert-OH is 1. The fraction of sp³-hybridized carbons (Fsp3) is 0.889. The normalized spacial score (nSPS) is 12.5. The molecule has 0 aliphatic carbocycles. The van der Waals surface area contributed by atoms with Crippen molar-refractivity contribution in [1.82, 2.24) is 5.32 Å². The van der Waals surface area contributed by atoms with E-state index in [0.29, 0.717) is 6.54 Å². The van der Waals surface area contributed by atoms with E-state index >= 15 is 0 Å². The number of methoxy groups -OCH3 is 1. The molecule has 4 nitrogen and oxygen atoms in total. The van der Waals surface area contributed by atoms with Gasteiger partial charge in [-0.3, -0.25) is 4.79 Å². The van der Waals surface area contributed by atoms with E-state index in [-0.39, 0.29) is 12.4 Å². The highest BCUT2D eigenvalue weighted by Crippen LogP contribution is 1.92. The Labute approximate surface area is 79.3 Å². The van der Waals surface area contributed by atoms with Gasteiger partial charge >= 0.3 is 5.97 Å². The number of nitrogens with one attached hydrogen (secondary N) is 1. The smallest absolute Gasteiger partial charge is 0.308 e. The third-order valence-corrected chi connectivity index (χ3v) is 1.72. The molecule has 0 aromatic rings. The van der Waals surface area contributed by atoms with Gasteiger partial charge in [0.05, 0.1) is 19.6 Å². The number of esters is 1. The highest BCUT2D eigenvalue weighted by Gasteiger charge is 2.09. The first-order valence-corrected chi connectivity index (χ1v) is 4.66. The molecule has 0 amide bonds. The maximum absolute atomic E-state index is 10.7. The van der Waals surface area contributed by atoms with Crippen LogP contribution in [0.1, 0.15) is 26.2 Å². The largest absolute Gasteiger partial charge is 0.469 e. The first-order chi connectivity index (χ1) is 6.20. The number of unbranched alkanes of at least 4 members (excludes halogenated alkanes) is 1. The lowest BCUT2D eigenvalue weighted by Crippen LogP contribution is -2.29. The van der Waals surface area contributed by atoms with Gasteiger partial charge in [0.1, 0.15) is 0 Å². The van der Waals surface area contributed by atoms with Crippen molar-refractivity contribution in [2.24, 2.45) is 0 Å². The first kappa shape index (κ1) is 12.4. The molecule has 1 atom stereocenters. The second-order valence-corrected chi connectivity index (χ2v) is 2.99. The summed E-state index contributed by atoms with van der Waals surface area (Å²) in [7, 11) is 1.32. The van der Waals surface area contributed by atoms with E-state index in [2.05, 4.69) is 17.0 Å². The molecule has 13 heavy (non-hydrogen) atoms. The summed E-state index contributed by atoms with van der Waals surface area (Å²) in [4.78, 5) is 10.7. The number of ether oxygens (including phenoxy) is 1. The van der Waals surface area contributed by atoms with E-state index in [0.717, 1.165) is 19.4 Å². The van der Waals surface area contributed by atoms with E-state index in [1.54, 1.807) is 0 Å². The van der Waals surface area contributed by atoms with Gasteiger partial charge in [0.15, 0.2) is 0 Å². The fourth-order valence-electron chi connectivity index (χ4n) is 0.918. The average Bonchev–Trinajstić information content (AvgIpc) is 2.12. The summed E-state index contributed by atoms with van der Waals surface area (Å²) < 4.78 is 4.42. The summed E-state index contributed by atoms with van der Waals surface area (Å²) in [6.07, 6.45) is 1.64. The molecule has 78 valence electrons. The Morgan fingerprint density at radius 1 is 1.62 bits per heavy atom. The van der Waals surface area contributed by atoms with Crippen LogP contribution in [-0.2, 0) is 9.53 Å². The van der Waals surface area contributed by atoms with Crippen molar-refractivity contribution in [2.75, 3.05) is 20.2 Å². The Morgan fingerprint density at radius 3 is 2.85 bits per heavy atom. The third kappa shape index (κ3) is 7.74. The van der Waals surface area contributed by atoms with Crippen LogP contribution in [0.3, 0.4) is 0 Å². The Hall–Kier alpha value is -0.610. The predicted octanol–water partition coefficient (Wildman–Crippen LogP) is 0.300. The van der Waals surface area contributed by atoms with Gasteiger partial charge < -0.3 is 15.2 Å². The van der Waals surface area contributed by atoms with Gasteiger partial charge in [-0.2, -0.15) is 0 Å². The van der Waals surface area contributed by atoms with Crippen molar-refractivity contribution >= 4 is 5.97 Å². The summed E-state index contributed by atoms with van der Waals surface area (Å²) in [5.74, 6) is -0.371. The van der Waals surface area contributed by atoms with Crippen LogP contribution >= 0.6 is 0 Å². The summed E-state index contributed by atoms with van der Waals surface area (Å²) in [6.45, 7) is 3.44. The maximum Gasteiger partial charge on any atom is 0.308 e. The van der Waals surface area contributed by atoms with Crippen molar-refractivity contribution in [3.63, 3.8) is 0 Å². The lowest BCUT2D eigenvalue weighted by molar-refractivity contribution is -0.142. The van der Waals surface area contributed by atoms with E-state index in [4.69, 9.17) is 0 Å². The zero-order chi connectivity index (χ0) is 10.1. The molecule has 1 unspecified atom stereocenters. The number of rotatable bonds is 7. The van der Waals surface area contributed by atoms with Gasteiger partial charge in [0, 0.05) is 6.54 Å². The lowest BCUT2D eigenvalue weighted by Gasteiger charge is -2.09. The number of hydrogen-bond acceptors (Lipinski definition) is 4. The molecule has 0 aromatic heterocycles. The number of aliphatic hydroxyl groups is 1. The quantitative estimate of drug-likeness (QED) is 0.447. The van der Waals surface area contributed by atoms with Crippen LogP contribution in [0.15, 0.2) is 0 Å². The second-order valence-electron chi connectivity index (χ2n) is 2.99. The molecule has 0 aromatic carbocycles. The molecule has 0 spiro atoms. The Kier molecular flexibility index (Phi) is 7.63. The molecule has 0 aliphatic rings. The molecular weight excluding hydrogens is 170 g/mol. The van der Waals surface area contributed by atoms with Crippen LogP contribution in [0.5, 0.6) is 0 Å². The standard InChI is InChI=1S/C9H19NO3/c1-3-4-5-10-7-8(11)6-9(12)13-2/h8,10-11H,3-7H2,1-2H3. The maximum atomic E-state index is 10.7. The summed E-state index contributed by atoms with van der Waals surface area (Å²) >= 11 is 0. The van der Waals surface area contributed by atoms with Crippen molar-refractivity contribution in [2.45, 2.75) is 32.3 Å². The van der Waals surface area contributed by atoms with Crippen molar-refractivity contribution in [1.29, 1.82) is 0 Å². The van der Waals surface area contributed by atoms with Crippen LogP contribution in [-0.4, -0.2) is 37.4 Å². The minimum absolute atomic E-state index is 0.0651. The molecule has 0 bridgehead atoms. The van der Waals surface area contributed by atoms with Crippen molar-refractivity contribution < 1.29 is 14.6 Å². The molecule has 0 saturated carbocycles. The van der Waals surface area contributed by atoms with Crippen molar-refractivity contribution in [3.05, 3.63) is 0 Å². The second kappa shape index (κ2) is 8.01. The zero-order valence-corrected chi connectivity index (χ0v) is 8.38. The molecule has 0 fully saturated rings. The van der Waals surface area contributed by atoms with Gasteiger partial charge in [-0.05, 0) is 13.0 Å². The van der Waals surface area contributed by atoms with E-state index in [9.17, 15) is 9.90 Å². The van der Waals surface area contributed by atoms with Gasteiger partial charge in [0.2, 0.25) is 0 Å². The van der Waals surface area contributed by atoms with Gasteiger partial charge in [-0.25, -0.2) is 0 Å². The molecule has 0 radical (unpaired) electrons. The van der Waals surface area contributed by atoms with Crippen LogP contribution < -0.4 is 5.32 Å². The highest BCUT2D eigenvalue weighted by molar-refractivity contribution is 5.69. The molecule has 0 saturated heterocycles. The highest BCUT2D eigenvalue weighted by atomic mass is 16.5. The minimum Gasteiger partial charge on any atom is -0.469 e.